The van der Waals surface area contributed by atoms with Gasteiger partial charge < -0.3 is 19.1 Å². The Balaban J connectivity index is 1.66. The fourth-order valence-corrected chi connectivity index (χ4v) is 7.37. The number of nitrogens with zero attached hydrogens (tertiary/aromatic N) is 1. The van der Waals surface area contributed by atoms with E-state index in [4.69, 9.17) is 14.2 Å². The predicted octanol–water partition coefficient (Wildman–Crippen LogP) is 13.1. The van der Waals surface area contributed by atoms with E-state index in [2.05, 4.69) is 67.4 Å². The predicted molar refractivity (Wildman–Crippen MR) is 218 cm³/mol. The van der Waals surface area contributed by atoms with Crippen LogP contribution in [0.25, 0.3) is 0 Å². The Bertz CT molecular complexity index is 891. The van der Waals surface area contributed by atoms with Crippen LogP contribution in [0.5, 0.6) is 0 Å². The largest absolute Gasteiger partial charge is 0.462 e. The second kappa shape index (κ2) is 30.7. The van der Waals surface area contributed by atoms with Crippen molar-refractivity contribution in [3.8, 4) is 0 Å². The number of esters is 1. The van der Waals surface area contributed by atoms with Gasteiger partial charge in [0.1, 0.15) is 6.10 Å². The minimum absolute atomic E-state index is 0.0596. The van der Waals surface area contributed by atoms with E-state index >= 15 is 0 Å². The lowest BCUT2D eigenvalue weighted by Crippen LogP contribution is -2.33. The first-order chi connectivity index (χ1) is 25.0. The summed E-state index contributed by atoms with van der Waals surface area (Å²) < 4.78 is 19.4. The van der Waals surface area contributed by atoms with Gasteiger partial charge in [-0.2, -0.15) is 0 Å². The van der Waals surface area contributed by atoms with Crippen LogP contribution in [0.4, 0.5) is 0 Å². The summed E-state index contributed by atoms with van der Waals surface area (Å²) in [5, 5.41) is 0. The quantitative estimate of drug-likeness (QED) is 0.0385. The van der Waals surface area contributed by atoms with Crippen LogP contribution in [0, 0.1) is 0 Å². The van der Waals surface area contributed by atoms with Crippen LogP contribution in [0.3, 0.4) is 0 Å². The molecule has 2 fully saturated rings. The van der Waals surface area contributed by atoms with Crippen molar-refractivity contribution >= 4 is 5.97 Å². The van der Waals surface area contributed by atoms with Crippen molar-refractivity contribution in [1.29, 1.82) is 0 Å². The van der Waals surface area contributed by atoms with E-state index < -0.39 is 5.79 Å². The zero-order valence-corrected chi connectivity index (χ0v) is 33.9. The second-order valence-corrected chi connectivity index (χ2v) is 15.7. The van der Waals surface area contributed by atoms with Crippen molar-refractivity contribution in [3.05, 3.63) is 48.6 Å². The maximum Gasteiger partial charge on any atom is 0.306 e. The van der Waals surface area contributed by atoms with E-state index in [-0.39, 0.29) is 24.3 Å². The maximum atomic E-state index is 12.4. The molecule has 2 aliphatic rings. The number of ether oxygens (including phenoxy) is 3. The van der Waals surface area contributed by atoms with Crippen molar-refractivity contribution < 1.29 is 19.0 Å². The molecule has 1 saturated heterocycles. The van der Waals surface area contributed by atoms with Crippen LogP contribution >= 0.6 is 0 Å². The van der Waals surface area contributed by atoms with Gasteiger partial charge in [-0.1, -0.05) is 140 Å². The molecule has 0 unspecified atom stereocenters. The van der Waals surface area contributed by atoms with Crippen LogP contribution in [-0.2, 0) is 19.0 Å². The second-order valence-electron chi connectivity index (χ2n) is 15.7. The first-order valence-electron chi connectivity index (χ1n) is 21.8. The molecule has 0 aromatic heterocycles. The number of unbranched alkanes of at least 4 members (excludes halogenated alkanes) is 16. The molecule has 0 spiro atoms. The van der Waals surface area contributed by atoms with Gasteiger partial charge in [-0.25, -0.2) is 0 Å². The normalized spacial score (nSPS) is 20.3. The molecule has 0 aromatic rings. The van der Waals surface area contributed by atoms with Crippen LogP contribution in [0.15, 0.2) is 48.6 Å². The highest BCUT2D eigenvalue weighted by Gasteiger charge is 2.52. The fraction of sp³-hybridized carbons (Fsp3) is 0.804. The lowest BCUT2D eigenvalue weighted by molar-refractivity contribution is -0.196. The highest BCUT2D eigenvalue weighted by Crippen LogP contribution is 2.44. The molecule has 51 heavy (non-hydrogen) atoms. The van der Waals surface area contributed by atoms with E-state index in [0.717, 1.165) is 64.3 Å². The summed E-state index contributed by atoms with van der Waals surface area (Å²) in [6.07, 6.45) is 51.0. The molecule has 0 aromatic carbocycles. The standard InChI is InChI=1S/C46H81NO4/c1-5-7-9-11-13-15-17-19-21-23-25-27-29-31-33-37-46(38-34-32-30-28-26-24-22-20-18-16-14-12-10-8-6-2)50-43-40-42(41-44(43)51-46)49-45(48)36-35-39-47(3)4/h11-14,17-20,42-44H,5-10,15-16,21-41H2,1-4H3/b13-11-,14-12-,19-17-,20-18-/t42-,43-,44+. The summed E-state index contributed by atoms with van der Waals surface area (Å²) in [6, 6.07) is 0. The van der Waals surface area contributed by atoms with Crippen molar-refractivity contribution in [2.24, 2.45) is 0 Å². The number of allylic oxidation sites excluding steroid dienone is 8. The lowest BCUT2D eigenvalue weighted by atomic mass is 9.98. The molecule has 0 amide bonds. The fourth-order valence-electron chi connectivity index (χ4n) is 7.37. The van der Waals surface area contributed by atoms with Crippen molar-refractivity contribution in [2.75, 3.05) is 20.6 Å². The average Bonchev–Trinajstić information content (AvgIpc) is 3.63. The number of fused-ring (bicyclic) bond motifs is 1. The summed E-state index contributed by atoms with van der Waals surface area (Å²) >= 11 is 0. The number of rotatable bonds is 33. The Morgan fingerprint density at radius 3 is 1.43 bits per heavy atom. The average molecular weight is 712 g/mol. The topological polar surface area (TPSA) is 48.0 Å². The van der Waals surface area contributed by atoms with Gasteiger partial charge in [-0.05, 0) is 91.3 Å². The van der Waals surface area contributed by atoms with Crippen molar-refractivity contribution in [3.63, 3.8) is 0 Å². The maximum absolute atomic E-state index is 12.4. The zero-order chi connectivity index (χ0) is 36.7. The van der Waals surface area contributed by atoms with E-state index in [1.165, 1.54) is 116 Å². The van der Waals surface area contributed by atoms with Gasteiger partial charge in [-0.3, -0.25) is 4.79 Å². The molecular formula is C46H81NO4. The molecule has 1 aliphatic heterocycles. The summed E-state index contributed by atoms with van der Waals surface area (Å²) in [4.78, 5) is 14.5. The Morgan fingerprint density at radius 1 is 0.588 bits per heavy atom. The Hall–Kier alpha value is -1.69. The van der Waals surface area contributed by atoms with Crippen LogP contribution in [0.2, 0.25) is 0 Å². The van der Waals surface area contributed by atoms with Gasteiger partial charge in [0.05, 0.1) is 12.2 Å². The number of hydrogen-bond acceptors (Lipinski definition) is 5. The van der Waals surface area contributed by atoms with E-state index in [1.807, 2.05) is 14.1 Å². The molecule has 2 rings (SSSR count). The zero-order valence-electron chi connectivity index (χ0n) is 33.9. The van der Waals surface area contributed by atoms with Crippen LogP contribution in [-0.4, -0.2) is 55.6 Å². The highest BCUT2D eigenvalue weighted by atomic mass is 16.8. The van der Waals surface area contributed by atoms with Gasteiger partial charge in [0, 0.05) is 32.1 Å². The molecule has 1 aliphatic carbocycles. The van der Waals surface area contributed by atoms with Gasteiger partial charge in [-0.15, -0.1) is 0 Å². The number of carbonyl (C=O) groups is 1. The van der Waals surface area contributed by atoms with Gasteiger partial charge in [0.2, 0.25) is 0 Å². The smallest absolute Gasteiger partial charge is 0.306 e. The summed E-state index contributed by atoms with van der Waals surface area (Å²) in [7, 11) is 4.07. The van der Waals surface area contributed by atoms with Crippen molar-refractivity contribution in [1.82, 2.24) is 4.90 Å². The summed E-state index contributed by atoms with van der Waals surface area (Å²) in [5.74, 6) is -0.522. The Morgan fingerprint density at radius 2 is 1.00 bits per heavy atom. The molecule has 3 atom stereocenters. The number of carbonyl (C=O) groups excluding carboxylic acids is 1. The molecule has 1 saturated carbocycles. The highest BCUT2D eigenvalue weighted by molar-refractivity contribution is 5.69. The van der Waals surface area contributed by atoms with Gasteiger partial charge in [0.25, 0.3) is 0 Å². The third-order valence-corrected chi connectivity index (χ3v) is 10.4. The Kier molecular flexibility index (Phi) is 27.4. The third kappa shape index (κ3) is 23.6. The first kappa shape index (κ1) is 45.5. The minimum atomic E-state index is -0.443. The van der Waals surface area contributed by atoms with Gasteiger partial charge in [0.15, 0.2) is 5.79 Å². The molecule has 0 radical (unpaired) electrons. The minimum Gasteiger partial charge on any atom is -0.462 e. The summed E-state index contributed by atoms with van der Waals surface area (Å²) in [6.45, 7) is 5.40. The molecule has 0 bridgehead atoms. The van der Waals surface area contributed by atoms with Crippen LogP contribution in [0.1, 0.15) is 194 Å². The van der Waals surface area contributed by atoms with Crippen molar-refractivity contribution in [2.45, 2.75) is 218 Å². The van der Waals surface area contributed by atoms with Gasteiger partial charge >= 0.3 is 5.97 Å². The monoisotopic (exact) mass is 712 g/mol. The van der Waals surface area contributed by atoms with E-state index in [0.29, 0.717) is 6.42 Å². The SMILES string of the molecule is CCCC/C=C\C/C=C\CCCCCCCCC1(CCCCCCCC/C=C\C/C=C\CCCC)O[C@H]2C[C@H](OC(=O)CCCN(C)C)C[C@H]2O1. The molecule has 1 heterocycles. The molecule has 5 heteroatoms. The molecule has 5 nitrogen and oxygen atoms in total. The summed E-state index contributed by atoms with van der Waals surface area (Å²) in [5.41, 5.74) is 0. The Labute approximate surface area is 316 Å². The first-order valence-corrected chi connectivity index (χ1v) is 21.8. The third-order valence-electron chi connectivity index (χ3n) is 10.4. The lowest BCUT2D eigenvalue weighted by Gasteiger charge is -2.30. The van der Waals surface area contributed by atoms with E-state index in [9.17, 15) is 4.79 Å². The van der Waals surface area contributed by atoms with Crippen LogP contribution < -0.4 is 0 Å². The number of hydrogen-bond donors (Lipinski definition) is 0. The van der Waals surface area contributed by atoms with E-state index in [1.54, 1.807) is 0 Å². The molecular weight excluding hydrogens is 631 g/mol. The molecule has 0 N–H and O–H groups in total. The molecule has 294 valence electrons.